The molecule has 0 saturated heterocycles. The average Bonchev–Trinajstić information content (AvgIpc) is 2.40. The SMILES string of the molecule is CC(Cc1cccc(F)c1)Nc1cccnc1OC(C)C. The van der Waals surface area contributed by atoms with Crippen LogP contribution in [-0.2, 0) is 6.42 Å². The largest absolute Gasteiger partial charge is 0.473 e. The van der Waals surface area contributed by atoms with E-state index >= 15 is 0 Å². The second-order valence-electron chi connectivity index (χ2n) is 5.40. The van der Waals surface area contributed by atoms with Crippen molar-refractivity contribution >= 4 is 5.69 Å². The normalized spacial score (nSPS) is 12.2. The fraction of sp³-hybridized carbons (Fsp3) is 0.353. The number of benzene rings is 1. The number of hydrogen-bond donors (Lipinski definition) is 1. The van der Waals surface area contributed by atoms with Crippen molar-refractivity contribution in [2.24, 2.45) is 0 Å². The lowest BCUT2D eigenvalue weighted by Gasteiger charge is -2.18. The van der Waals surface area contributed by atoms with Crippen LogP contribution in [-0.4, -0.2) is 17.1 Å². The zero-order valence-electron chi connectivity index (χ0n) is 12.6. The van der Waals surface area contributed by atoms with Crippen LogP contribution < -0.4 is 10.1 Å². The van der Waals surface area contributed by atoms with Crippen molar-refractivity contribution in [3.8, 4) is 5.88 Å². The van der Waals surface area contributed by atoms with Crippen LogP contribution in [0.3, 0.4) is 0 Å². The van der Waals surface area contributed by atoms with Gasteiger partial charge in [-0.2, -0.15) is 0 Å². The Morgan fingerprint density at radius 1 is 1.19 bits per heavy atom. The highest BCUT2D eigenvalue weighted by molar-refractivity contribution is 5.52. The summed E-state index contributed by atoms with van der Waals surface area (Å²) in [6.07, 6.45) is 2.51. The van der Waals surface area contributed by atoms with Crippen LogP contribution in [0, 0.1) is 5.82 Å². The Hall–Kier alpha value is -2.10. The predicted molar refractivity (Wildman–Crippen MR) is 83.2 cm³/mol. The smallest absolute Gasteiger partial charge is 0.237 e. The molecule has 4 heteroatoms. The Balaban J connectivity index is 2.04. The lowest BCUT2D eigenvalue weighted by Crippen LogP contribution is -2.19. The van der Waals surface area contributed by atoms with Crippen LogP contribution in [0.1, 0.15) is 26.3 Å². The highest BCUT2D eigenvalue weighted by Gasteiger charge is 2.10. The summed E-state index contributed by atoms with van der Waals surface area (Å²) in [6.45, 7) is 5.99. The highest BCUT2D eigenvalue weighted by atomic mass is 19.1. The molecule has 0 fully saturated rings. The van der Waals surface area contributed by atoms with Gasteiger partial charge in [0.25, 0.3) is 0 Å². The maximum atomic E-state index is 13.2. The first-order valence-electron chi connectivity index (χ1n) is 7.17. The lowest BCUT2D eigenvalue weighted by atomic mass is 10.1. The van der Waals surface area contributed by atoms with Gasteiger partial charge in [-0.3, -0.25) is 0 Å². The lowest BCUT2D eigenvalue weighted by molar-refractivity contribution is 0.234. The molecule has 21 heavy (non-hydrogen) atoms. The standard InChI is InChI=1S/C17H21FN2O/c1-12(2)21-17-16(8-5-9-19-17)20-13(3)10-14-6-4-7-15(18)11-14/h4-9,11-13,20H,10H2,1-3H3. The monoisotopic (exact) mass is 288 g/mol. The number of ether oxygens (including phenoxy) is 1. The van der Waals surface area contributed by atoms with Crippen LogP contribution >= 0.6 is 0 Å². The fourth-order valence-corrected chi connectivity index (χ4v) is 2.15. The maximum absolute atomic E-state index is 13.2. The first-order valence-corrected chi connectivity index (χ1v) is 7.17. The van der Waals surface area contributed by atoms with E-state index in [0.717, 1.165) is 17.7 Å². The third-order valence-corrected chi connectivity index (χ3v) is 2.95. The minimum atomic E-state index is -0.204. The van der Waals surface area contributed by atoms with Gasteiger partial charge in [0.05, 0.1) is 11.8 Å². The minimum Gasteiger partial charge on any atom is -0.473 e. The zero-order chi connectivity index (χ0) is 15.2. The van der Waals surface area contributed by atoms with Gasteiger partial charge in [-0.1, -0.05) is 12.1 Å². The van der Waals surface area contributed by atoms with E-state index < -0.39 is 0 Å². The van der Waals surface area contributed by atoms with Crippen LogP contribution in [0.5, 0.6) is 5.88 Å². The summed E-state index contributed by atoms with van der Waals surface area (Å²) in [5, 5.41) is 3.37. The molecular weight excluding hydrogens is 267 g/mol. The molecule has 1 N–H and O–H groups in total. The van der Waals surface area contributed by atoms with Gasteiger partial charge >= 0.3 is 0 Å². The topological polar surface area (TPSA) is 34.2 Å². The molecule has 1 aromatic carbocycles. The quantitative estimate of drug-likeness (QED) is 0.870. The Bertz CT molecular complexity index is 587. The summed E-state index contributed by atoms with van der Waals surface area (Å²) in [6, 6.07) is 10.6. The molecule has 0 radical (unpaired) electrons. The Morgan fingerprint density at radius 3 is 2.71 bits per heavy atom. The molecule has 0 bridgehead atoms. The van der Waals surface area contributed by atoms with Crippen molar-refractivity contribution < 1.29 is 9.13 Å². The molecule has 2 rings (SSSR count). The molecule has 1 atom stereocenters. The van der Waals surface area contributed by atoms with Crippen LogP contribution in [0.4, 0.5) is 10.1 Å². The Morgan fingerprint density at radius 2 is 2.00 bits per heavy atom. The van der Waals surface area contributed by atoms with Gasteiger partial charge in [0.1, 0.15) is 5.82 Å². The van der Waals surface area contributed by atoms with Crippen molar-refractivity contribution in [3.63, 3.8) is 0 Å². The minimum absolute atomic E-state index is 0.0685. The first kappa shape index (κ1) is 15.3. The number of halogens is 1. The van der Waals surface area contributed by atoms with Gasteiger partial charge in [0.2, 0.25) is 5.88 Å². The van der Waals surface area contributed by atoms with Gasteiger partial charge in [0.15, 0.2) is 0 Å². The number of nitrogens with zero attached hydrogens (tertiary/aromatic N) is 1. The van der Waals surface area contributed by atoms with E-state index in [-0.39, 0.29) is 18.0 Å². The summed E-state index contributed by atoms with van der Waals surface area (Å²) in [4.78, 5) is 4.25. The summed E-state index contributed by atoms with van der Waals surface area (Å²) in [7, 11) is 0. The third-order valence-electron chi connectivity index (χ3n) is 2.95. The van der Waals surface area contributed by atoms with Crippen molar-refractivity contribution in [1.29, 1.82) is 0 Å². The molecule has 0 aliphatic rings. The summed E-state index contributed by atoms with van der Waals surface area (Å²) in [5.74, 6) is 0.392. The van der Waals surface area contributed by atoms with E-state index in [0.29, 0.717) is 5.88 Å². The van der Waals surface area contributed by atoms with E-state index in [1.165, 1.54) is 6.07 Å². The van der Waals surface area contributed by atoms with Crippen LogP contribution in [0.2, 0.25) is 0 Å². The predicted octanol–water partition coefficient (Wildman–Crippen LogP) is 4.05. The van der Waals surface area contributed by atoms with Crippen molar-refractivity contribution in [3.05, 3.63) is 54.0 Å². The van der Waals surface area contributed by atoms with Crippen molar-refractivity contribution in [2.45, 2.75) is 39.3 Å². The molecular formula is C17H21FN2O. The second-order valence-corrected chi connectivity index (χ2v) is 5.40. The molecule has 1 unspecified atom stereocenters. The molecule has 3 nitrogen and oxygen atoms in total. The number of aromatic nitrogens is 1. The summed E-state index contributed by atoms with van der Waals surface area (Å²) < 4.78 is 18.9. The van der Waals surface area contributed by atoms with Gasteiger partial charge in [-0.15, -0.1) is 0 Å². The van der Waals surface area contributed by atoms with Crippen LogP contribution in [0.25, 0.3) is 0 Å². The second kappa shape index (κ2) is 7.07. The van der Waals surface area contributed by atoms with Gasteiger partial charge in [0, 0.05) is 12.2 Å². The van der Waals surface area contributed by atoms with E-state index in [2.05, 4.69) is 17.2 Å². The third kappa shape index (κ3) is 4.74. The number of pyridine rings is 1. The molecule has 112 valence electrons. The summed E-state index contributed by atoms with van der Waals surface area (Å²) >= 11 is 0. The molecule has 1 heterocycles. The highest BCUT2D eigenvalue weighted by Crippen LogP contribution is 2.23. The zero-order valence-corrected chi connectivity index (χ0v) is 12.6. The number of hydrogen-bond acceptors (Lipinski definition) is 3. The molecule has 0 saturated carbocycles. The van der Waals surface area contributed by atoms with Crippen molar-refractivity contribution in [2.75, 3.05) is 5.32 Å². The van der Waals surface area contributed by atoms with Gasteiger partial charge in [-0.25, -0.2) is 9.37 Å². The molecule has 0 spiro atoms. The molecule has 0 amide bonds. The number of anilines is 1. The molecule has 2 aromatic rings. The van der Waals surface area contributed by atoms with Gasteiger partial charge in [-0.05, 0) is 57.0 Å². The van der Waals surface area contributed by atoms with Crippen molar-refractivity contribution in [1.82, 2.24) is 4.98 Å². The first-order chi connectivity index (χ1) is 10.0. The molecule has 0 aliphatic heterocycles. The number of rotatable bonds is 6. The van der Waals surface area contributed by atoms with Crippen LogP contribution in [0.15, 0.2) is 42.6 Å². The summed E-state index contributed by atoms with van der Waals surface area (Å²) in [5.41, 5.74) is 1.82. The molecule has 0 aliphatic carbocycles. The van der Waals surface area contributed by atoms with E-state index in [1.807, 2.05) is 32.0 Å². The van der Waals surface area contributed by atoms with E-state index in [1.54, 1.807) is 18.3 Å². The van der Waals surface area contributed by atoms with E-state index in [4.69, 9.17) is 4.74 Å². The average molecular weight is 288 g/mol. The Kier molecular flexibility index (Phi) is 5.14. The molecule has 1 aromatic heterocycles. The number of nitrogens with one attached hydrogen (secondary N) is 1. The fourth-order valence-electron chi connectivity index (χ4n) is 2.15. The Labute approximate surface area is 125 Å². The van der Waals surface area contributed by atoms with Gasteiger partial charge < -0.3 is 10.1 Å². The van der Waals surface area contributed by atoms with E-state index in [9.17, 15) is 4.39 Å². The maximum Gasteiger partial charge on any atom is 0.237 e.